The van der Waals surface area contributed by atoms with E-state index in [9.17, 15) is 14.4 Å². The number of hydrogen-bond acceptors (Lipinski definition) is 7. The molecule has 3 aromatic rings. The highest BCUT2D eigenvalue weighted by atomic mass is 32.2. The Kier molecular flexibility index (Phi) is 7.61. The van der Waals surface area contributed by atoms with Crippen LogP contribution in [0, 0.1) is 13.8 Å². The Labute approximate surface area is 207 Å². The number of nitrogen functional groups attached to an aromatic ring is 1. The molecule has 35 heavy (non-hydrogen) atoms. The molecule has 186 valence electrons. The minimum absolute atomic E-state index is 0.0197. The molecule has 1 aromatic carbocycles. The highest BCUT2D eigenvalue weighted by Gasteiger charge is 2.25. The molecule has 3 heterocycles. The summed E-state index contributed by atoms with van der Waals surface area (Å²) in [5.41, 5.74) is 7.71. The number of imidazole rings is 1. The number of hydrogen-bond donors (Lipinski definition) is 1. The lowest BCUT2D eigenvalue weighted by Gasteiger charge is -2.16. The fraction of sp³-hybridized carbons (Fsp3) is 0.440. The van der Waals surface area contributed by atoms with Gasteiger partial charge in [-0.3, -0.25) is 18.7 Å². The summed E-state index contributed by atoms with van der Waals surface area (Å²) in [7, 11) is 0. The lowest BCUT2D eigenvalue weighted by Crippen LogP contribution is -2.44. The van der Waals surface area contributed by atoms with Gasteiger partial charge in [0.2, 0.25) is 0 Å². The second-order valence-electron chi connectivity index (χ2n) is 8.69. The monoisotopic (exact) mass is 497 g/mol. The Morgan fingerprint density at radius 1 is 1.17 bits per heavy atom. The summed E-state index contributed by atoms with van der Waals surface area (Å²) in [6, 6.07) is 9.32. The van der Waals surface area contributed by atoms with Crippen molar-refractivity contribution in [3.8, 4) is 0 Å². The van der Waals surface area contributed by atoms with Gasteiger partial charge in [-0.25, -0.2) is 9.78 Å². The molecule has 1 saturated heterocycles. The van der Waals surface area contributed by atoms with Gasteiger partial charge in [-0.2, -0.15) is 0 Å². The number of aromatic nitrogens is 4. The zero-order valence-electron chi connectivity index (χ0n) is 20.3. The Bertz CT molecular complexity index is 1340. The Balaban J connectivity index is 1.63. The summed E-state index contributed by atoms with van der Waals surface area (Å²) in [6.45, 7) is 7.39. The van der Waals surface area contributed by atoms with Gasteiger partial charge < -0.3 is 15.0 Å². The first-order valence-corrected chi connectivity index (χ1v) is 12.8. The van der Waals surface area contributed by atoms with Gasteiger partial charge in [0.25, 0.3) is 5.56 Å². The van der Waals surface area contributed by atoms with Gasteiger partial charge in [-0.15, -0.1) is 0 Å². The van der Waals surface area contributed by atoms with Crippen molar-refractivity contribution in [2.75, 3.05) is 18.1 Å². The molecule has 9 nitrogen and oxygen atoms in total. The summed E-state index contributed by atoms with van der Waals surface area (Å²) in [6.07, 6.45) is 2.17. The van der Waals surface area contributed by atoms with E-state index in [0.29, 0.717) is 11.7 Å². The lowest BCUT2D eigenvalue weighted by atomic mass is 10.2. The van der Waals surface area contributed by atoms with Crippen LogP contribution in [0.1, 0.15) is 47.1 Å². The van der Waals surface area contributed by atoms with E-state index in [0.717, 1.165) is 41.0 Å². The topological polar surface area (TPSA) is 114 Å². The maximum atomic E-state index is 13.3. The van der Waals surface area contributed by atoms with Crippen molar-refractivity contribution in [1.82, 2.24) is 18.7 Å². The minimum atomic E-state index is -0.653. The highest BCUT2D eigenvalue weighted by molar-refractivity contribution is 7.99. The number of carbonyl (C=O) groups excluding carboxylic acids is 1. The third kappa shape index (κ3) is 5.13. The van der Waals surface area contributed by atoms with Gasteiger partial charge >= 0.3 is 5.69 Å². The van der Waals surface area contributed by atoms with E-state index in [1.54, 1.807) is 6.92 Å². The number of nitrogens with zero attached hydrogens (tertiary/aromatic N) is 4. The van der Waals surface area contributed by atoms with Crippen molar-refractivity contribution in [2.24, 2.45) is 0 Å². The van der Waals surface area contributed by atoms with Gasteiger partial charge in [0.15, 0.2) is 10.9 Å². The van der Waals surface area contributed by atoms with Gasteiger partial charge in [-0.1, -0.05) is 42.1 Å². The summed E-state index contributed by atoms with van der Waals surface area (Å²) >= 11 is 1.27. The predicted molar refractivity (Wildman–Crippen MR) is 136 cm³/mol. The Morgan fingerprint density at radius 3 is 2.57 bits per heavy atom. The molecule has 0 bridgehead atoms. The van der Waals surface area contributed by atoms with Crippen molar-refractivity contribution in [3.63, 3.8) is 0 Å². The summed E-state index contributed by atoms with van der Waals surface area (Å²) in [5.74, 6) is -0.550. The number of Topliss-reactive ketones (excluding diaryl/α,β-unsaturated/α-hetero) is 1. The van der Waals surface area contributed by atoms with E-state index >= 15 is 0 Å². The standard InChI is InChI=1S/C25H31N5O4S/c1-4-28-23(32)21(22(26)30(25(28)33)13-18-9-6-5-7-10-18)20(31)15-35-24-27-16(2)17(3)29(24)14-19-11-8-12-34-19/h5-7,9-10,19H,4,8,11-15,26H2,1-3H3/t19-/m1/s1. The first kappa shape index (κ1) is 25.0. The van der Waals surface area contributed by atoms with Crippen molar-refractivity contribution in [2.45, 2.75) is 64.5 Å². The molecule has 1 fully saturated rings. The quantitative estimate of drug-likeness (QED) is 0.357. The number of aryl methyl sites for hydroxylation is 1. The lowest BCUT2D eigenvalue weighted by molar-refractivity contribution is 0.0945. The van der Waals surface area contributed by atoms with Gasteiger partial charge in [-0.05, 0) is 39.2 Å². The molecule has 0 aliphatic carbocycles. The molecule has 2 aromatic heterocycles. The number of ketones is 1. The first-order chi connectivity index (χ1) is 16.8. The van der Waals surface area contributed by atoms with E-state index in [2.05, 4.69) is 9.55 Å². The average molecular weight is 498 g/mol. The second kappa shape index (κ2) is 10.7. The fourth-order valence-electron chi connectivity index (χ4n) is 4.32. The van der Waals surface area contributed by atoms with E-state index in [-0.39, 0.29) is 36.3 Å². The van der Waals surface area contributed by atoms with E-state index < -0.39 is 17.0 Å². The molecule has 4 rings (SSSR count). The number of benzene rings is 1. The minimum Gasteiger partial charge on any atom is -0.384 e. The number of ether oxygens (including phenoxy) is 1. The highest BCUT2D eigenvalue weighted by Crippen LogP contribution is 2.25. The van der Waals surface area contributed by atoms with Crippen LogP contribution >= 0.6 is 11.8 Å². The van der Waals surface area contributed by atoms with Crippen molar-refractivity contribution in [1.29, 1.82) is 0 Å². The van der Waals surface area contributed by atoms with Crippen LogP contribution in [-0.2, 0) is 24.4 Å². The molecule has 10 heteroatoms. The molecule has 1 aliphatic rings. The van der Waals surface area contributed by atoms with Crippen LogP contribution in [0.3, 0.4) is 0 Å². The average Bonchev–Trinajstić information content (AvgIpc) is 3.45. The normalized spacial score (nSPS) is 15.6. The SMILES string of the molecule is CCn1c(=O)c(C(=O)CSc2nc(C)c(C)n2C[C@H]2CCCO2)c(N)n(Cc2ccccc2)c1=O. The van der Waals surface area contributed by atoms with Gasteiger partial charge in [0.1, 0.15) is 11.4 Å². The summed E-state index contributed by atoms with van der Waals surface area (Å²) in [4.78, 5) is 43.9. The maximum Gasteiger partial charge on any atom is 0.332 e. The van der Waals surface area contributed by atoms with Gasteiger partial charge in [0, 0.05) is 18.8 Å². The number of thioether (sulfide) groups is 1. The van der Waals surface area contributed by atoms with Crippen LogP contribution in [0.15, 0.2) is 45.1 Å². The van der Waals surface area contributed by atoms with Crippen LogP contribution in [0.4, 0.5) is 5.82 Å². The zero-order chi connectivity index (χ0) is 25.1. The van der Waals surface area contributed by atoms with Gasteiger partial charge in [0.05, 0.1) is 30.6 Å². The van der Waals surface area contributed by atoms with Crippen molar-refractivity contribution >= 4 is 23.4 Å². The van der Waals surface area contributed by atoms with Crippen LogP contribution < -0.4 is 17.0 Å². The van der Waals surface area contributed by atoms with Crippen molar-refractivity contribution in [3.05, 3.63) is 73.7 Å². The van der Waals surface area contributed by atoms with Crippen molar-refractivity contribution < 1.29 is 9.53 Å². The van der Waals surface area contributed by atoms with E-state index in [1.807, 2.05) is 44.2 Å². The molecule has 0 spiro atoms. The second-order valence-corrected chi connectivity index (χ2v) is 9.63. The number of nitrogens with two attached hydrogens (primary N) is 1. The molecule has 0 unspecified atom stereocenters. The summed E-state index contributed by atoms with van der Waals surface area (Å²) < 4.78 is 10.2. The van der Waals surface area contributed by atoms with E-state index in [4.69, 9.17) is 10.5 Å². The zero-order valence-corrected chi connectivity index (χ0v) is 21.1. The third-order valence-electron chi connectivity index (χ3n) is 6.41. The van der Waals surface area contributed by atoms with Crippen LogP contribution in [-0.4, -0.2) is 42.9 Å². The number of rotatable bonds is 9. The molecule has 0 radical (unpaired) electrons. The van der Waals surface area contributed by atoms with Crippen LogP contribution in [0.2, 0.25) is 0 Å². The fourth-order valence-corrected chi connectivity index (χ4v) is 5.29. The number of carbonyl (C=O) groups is 1. The predicted octanol–water partition coefficient (Wildman–Crippen LogP) is 2.63. The molecular weight excluding hydrogens is 466 g/mol. The van der Waals surface area contributed by atoms with E-state index in [1.165, 1.54) is 16.3 Å². The maximum absolute atomic E-state index is 13.3. The molecule has 0 amide bonds. The van der Waals surface area contributed by atoms with Crippen LogP contribution in [0.25, 0.3) is 0 Å². The smallest absolute Gasteiger partial charge is 0.332 e. The largest absolute Gasteiger partial charge is 0.384 e. The Morgan fingerprint density at radius 2 is 1.91 bits per heavy atom. The Hall–Kier alpha value is -3.11. The number of anilines is 1. The van der Waals surface area contributed by atoms with Crippen LogP contribution in [0.5, 0.6) is 0 Å². The molecule has 1 aliphatic heterocycles. The molecular formula is C25H31N5O4S. The summed E-state index contributed by atoms with van der Waals surface area (Å²) in [5, 5.41) is 0.704. The molecule has 0 saturated carbocycles. The molecule has 1 atom stereocenters. The third-order valence-corrected chi connectivity index (χ3v) is 7.39. The molecule has 2 N–H and O–H groups in total. The first-order valence-electron chi connectivity index (χ1n) is 11.8.